The molecule has 0 atom stereocenters. The lowest BCUT2D eigenvalue weighted by atomic mass is 10.2. The average molecular weight is 205 g/mol. The van der Waals surface area contributed by atoms with E-state index in [-0.39, 0.29) is 5.69 Å². The minimum Gasteiger partial charge on any atom is -0.332 e. The summed E-state index contributed by atoms with van der Waals surface area (Å²) in [5, 5.41) is 0. The second-order valence-electron chi connectivity index (χ2n) is 3.07. The molecule has 4 nitrogen and oxygen atoms in total. The average Bonchev–Trinajstić information content (AvgIpc) is 2.53. The fourth-order valence-electron chi connectivity index (χ4n) is 1.52. The largest absolute Gasteiger partial charge is 0.332 e. The summed E-state index contributed by atoms with van der Waals surface area (Å²) in [4.78, 5) is 17.6. The quantitative estimate of drug-likeness (QED) is 0.570. The number of imidazole rings is 1. The van der Waals surface area contributed by atoms with Crippen LogP contribution in [0, 0.1) is 0 Å². The van der Waals surface area contributed by atoms with Gasteiger partial charge in [-0.25, -0.2) is 4.79 Å². The predicted molar refractivity (Wildman–Crippen MR) is 56.9 cm³/mol. The Morgan fingerprint density at radius 1 is 1.14 bits per heavy atom. The monoisotopic (exact) mass is 205 g/mol. The molecule has 1 aliphatic rings. The molecule has 0 aliphatic carbocycles. The number of hydrogen-bond acceptors (Lipinski definition) is 3. The molecule has 0 saturated heterocycles. The molecular formula is C9H7N3OS. The summed E-state index contributed by atoms with van der Waals surface area (Å²) < 4.78 is 3.05. The van der Waals surface area contributed by atoms with E-state index in [2.05, 4.69) is 14.7 Å². The molecule has 3 N–H and O–H groups in total. The number of benzene rings is 1. The molecule has 0 unspecified atom stereocenters. The van der Waals surface area contributed by atoms with Crippen molar-refractivity contribution in [2.75, 3.05) is 0 Å². The highest BCUT2D eigenvalue weighted by Gasteiger charge is 2.08. The zero-order valence-electron chi connectivity index (χ0n) is 7.13. The molecule has 0 amide bonds. The van der Waals surface area contributed by atoms with Gasteiger partial charge in [-0.1, -0.05) is 0 Å². The summed E-state index contributed by atoms with van der Waals surface area (Å²) in [6.45, 7) is 0. The van der Waals surface area contributed by atoms with Crippen molar-refractivity contribution in [1.29, 1.82) is 0 Å². The Kier molecular flexibility index (Phi) is 1.49. The minimum absolute atomic E-state index is 0.163. The van der Waals surface area contributed by atoms with Gasteiger partial charge in [-0.3, -0.25) is 0 Å². The van der Waals surface area contributed by atoms with Crippen molar-refractivity contribution in [1.82, 2.24) is 14.7 Å². The molecule has 1 aromatic heterocycles. The van der Waals surface area contributed by atoms with Gasteiger partial charge in [-0.2, -0.15) is 0 Å². The van der Waals surface area contributed by atoms with E-state index in [0.29, 0.717) is 0 Å². The maximum Gasteiger partial charge on any atom is 0.323 e. The number of hydrogen-bond donors (Lipinski definition) is 3. The summed E-state index contributed by atoms with van der Waals surface area (Å²) >= 11 is 1.54. The van der Waals surface area contributed by atoms with Crippen LogP contribution in [0.5, 0.6) is 0 Å². The van der Waals surface area contributed by atoms with Gasteiger partial charge in [0.15, 0.2) is 0 Å². The summed E-state index contributed by atoms with van der Waals surface area (Å²) in [6, 6.07) is 3.93. The van der Waals surface area contributed by atoms with Crippen molar-refractivity contribution in [2.45, 2.75) is 4.90 Å². The highest BCUT2D eigenvalue weighted by Crippen LogP contribution is 2.27. The molecule has 3 rings (SSSR count). The molecular weight excluding hydrogens is 198 g/mol. The minimum atomic E-state index is -0.163. The van der Waals surface area contributed by atoms with Crippen LogP contribution >= 0.6 is 11.9 Å². The van der Waals surface area contributed by atoms with Gasteiger partial charge in [0.25, 0.3) is 0 Å². The molecule has 70 valence electrons. The van der Waals surface area contributed by atoms with Gasteiger partial charge in [0, 0.05) is 11.1 Å². The third-order valence-corrected chi connectivity index (χ3v) is 2.97. The topological polar surface area (TPSA) is 60.7 Å². The van der Waals surface area contributed by atoms with Crippen molar-refractivity contribution >= 4 is 29.1 Å². The molecule has 0 bridgehead atoms. The standard InChI is InChI=1S/C9H7N3OS/c13-9-11-6-3-5-1-2-10-14-8(5)4-7(6)12-9/h1-4,10H,(H2,11,12,13). The van der Waals surface area contributed by atoms with Crippen molar-refractivity contribution in [3.8, 4) is 0 Å². The predicted octanol–water partition coefficient (Wildman–Crippen LogP) is 1.44. The van der Waals surface area contributed by atoms with E-state index in [1.54, 1.807) is 11.9 Å². The maximum absolute atomic E-state index is 11.1. The van der Waals surface area contributed by atoms with E-state index in [9.17, 15) is 4.79 Å². The van der Waals surface area contributed by atoms with Crippen LogP contribution in [0.2, 0.25) is 0 Å². The number of aromatic amines is 2. The second-order valence-corrected chi connectivity index (χ2v) is 3.95. The van der Waals surface area contributed by atoms with E-state index in [1.165, 1.54) is 0 Å². The SMILES string of the molecule is O=c1[nH]c2cc3c(cc2[nH]1)SNC=C3. The van der Waals surface area contributed by atoms with Crippen LogP contribution in [0.3, 0.4) is 0 Å². The van der Waals surface area contributed by atoms with E-state index in [4.69, 9.17) is 0 Å². The van der Waals surface area contributed by atoms with Gasteiger partial charge >= 0.3 is 5.69 Å². The fourth-order valence-corrected chi connectivity index (χ4v) is 2.20. The van der Waals surface area contributed by atoms with Gasteiger partial charge < -0.3 is 14.7 Å². The Morgan fingerprint density at radius 2 is 1.93 bits per heavy atom. The molecule has 0 spiro atoms. The van der Waals surface area contributed by atoms with Crippen molar-refractivity contribution in [3.63, 3.8) is 0 Å². The van der Waals surface area contributed by atoms with Crippen LogP contribution in [0.4, 0.5) is 0 Å². The lowest BCUT2D eigenvalue weighted by Crippen LogP contribution is -1.99. The van der Waals surface area contributed by atoms with Crippen LogP contribution < -0.4 is 10.4 Å². The van der Waals surface area contributed by atoms with E-state index in [1.807, 2.05) is 24.4 Å². The molecule has 14 heavy (non-hydrogen) atoms. The number of fused-ring (bicyclic) bond motifs is 2. The molecule has 5 heteroatoms. The number of rotatable bonds is 0. The Bertz CT molecular complexity index is 581. The normalized spacial score (nSPS) is 14.0. The second kappa shape index (κ2) is 2.68. The molecule has 0 saturated carbocycles. The van der Waals surface area contributed by atoms with Crippen molar-refractivity contribution in [2.24, 2.45) is 0 Å². The van der Waals surface area contributed by atoms with Gasteiger partial charge in [0.2, 0.25) is 0 Å². The highest BCUT2D eigenvalue weighted by molar-refractivity contribution is 7.97. The summed E-state index contributed by atoms with van der Waals surface area (Å²) in [5.41, 5.74) is 2.65. The molecule has 2 aromatic rings. The van der Waals surface area contributed by atoms with Crippen LogP contribution in [0.25, 0.3) is 17.1 Å². The summed E-state index contributed by atoms with van der Waals surface area (Å²) in [5.74, 6) is 0. The summed E-state index contributed by atoms with van der Waals surface area (Å²) in [6.07, 6.45) is 3.86. The third kappa shape index (κ3) is 1.06. The van der Waals surface area contributed by atoms with Crippen LogP contribution in [0.15, 0.2) is 28.0 Å². The molecule has 2 heterocycles. The van der Waals surface area contributed by atoms with Gasteiger partial charge in [0.05, 0.1) is 11.0 Å². The van der Waals surface area contributed by atoms with Crippen molar-refractivity contribution < 1.29 is 0 Å². The van der Waals surface area contributed by atoms with Crippen molar-refractivity contribution in [3.05, 3.63) is 34.4 Å². The lowest BCUT2D eigenvalue weighted by Gasteiger charge is -2.09. The number of aromatic nitrogens is 2. The zero-order valence-corrected chi connectivity index (χ0v) is 7.94. The fraction of sp³-hybridized carbons (Fsp3) is 0. The Labute approximate surface area is 83.5 Å². The van der Waals surface area contributed by atoms with Crippen LogP contribution in [-0.2, 0) is 0 Å². The van der Waals surface area contributed by atoms with E-state index < -0.39 is 0 Å². The first kappa shape index (κ1) is 7.75. The molecule has 1 aromatic carbocycles. The Morgan fingerprint density at radius 3 is 2.79 bits per heavy atom. The molecule has 0 radical (unpaired) electrons. The van der Waals surface area contributed by atoms with Crippen LogP contribution in [0.1, 0.15) is 5.56 Å². The zero-order chi connectivity index (χ0) is 9.54. The lowest BCUT2D eigenvalue weighted by molar-refractivity contribution is 1.21. The van der Waals surface area contributed by atoms with Crippen LogP contribution in [-0.4, -0.2) is 9.97 Å². The first-order valence-electron chi connectivity index (χ1n) is 4.18. The first-order valence-corrected chi connectivity index (χ1v) is 4.99. The molecule has 1 aliphatic heterocycles. The van der Waals surface area contributed by atoms with E-state index >= 15 is 0 Å². The van der Waals surface area contributed by atoms with Gasteiger partial charge in [-0.15, -0.1) is 0 Å². The highest BCUT2D eigenvalue weighted by atomic mass is 32.2. The molecule has 0 fully saturated rings. The summed E-state index contributed by atoms with van der Waals surface area (Å²) in [7, 11) is 0. The Hall–Kier alpha value is -1.62. The van der Waals surface area contributed by atoms with E-state index in [0.717, 1.165) is 21.5 Å². The third-order valence-electron chi connectivity index (χ3n) is 2.15. The first-order chi connectivity index (χ1) is 6.83. The van der Waals surface area contributed by atoms with Gasteiger partial charge in [-0.05, 0) is 35.7 Å². The number of H-pyrrole nitrogens is 2. The number of nitrogens with one attached hydrogen (secondary N) is 3. The maximum atomic E-state index is 11.1. The smallest absolute Gasteiger partial charge is 0.323 e. The van der Waals surface area contributed by atoms with Gasteiger partial charge in [0.1, 0.15) is 0 Å². The Balaban J connectivity index is 2.38.